The predicted octanol–water partition coefficient (Wildman–Crippen LogP) is 3.37. The van der Waals surface area contributed by atoms with E-state index in [-0.39, 0.29) is 16.6 Å². The van der Waals surface area contributed by atoms with Gasteiger partial charge in [-0.2, -0.15) is 0 Å². The first kappa shape index (κ1) is 18.6. The lowest BCUT2D eigenvalue weighted by molar-refractivity contribution is -0.115. The number of hydrogen-bond acceptors (Lipinski definition) is 5. The summed E-state index contributed by atoms with van der Waals surface area (Å²) in [6.45, 7) is 9.73. The van der Waals surface area contributed by atoms with E-state index < -0.39 is 0 Å². The van der Waals surface area contributed by atoms with Gasteiger partial charge in [0.05, 0.1) is 5.25 Å². The van der Waals surface area contributed by atoms with Crippen LogP contribution in [0, 0.1) is 6.92 Å². The molecule has 1 aromatic heterocycles. The van der Waals surface area contributed by atoms with E-state index in [2.05, 4.69) is 15.5 Å². The zero-order valence-electron chi connectivity index (χ0n) is 14.4. The van der Waals surface area contributed by atoms with Crippen molar-refractivity contribution in [1.29, 1.82) is 0 Å². The number of rotatable bonds is 4. The standard InChI is InChI=1S/C16H22ClN5OS/c1-9-6-7-11(17)8-12(9)19-13(23)10(2)24-15-21-20-14(22(15)18)16(3,4)5/h6-8,10H,18H2,1-5H3,(H,19,23). The van der Waals surface area contributed by atoms with Crippen molar-refractivity contribution in [2.75, 3.05) is 11.2 Å². The number of amides is 1. The number of hydrogen-bond donors (Lipinski definition) is 2. The minimum Gasteiger partial charge on any atom is -0.336 e. The molecule has 130 valence electrons. The molecule has 0 aliphatic rings. The summed E-state index contributed by atoms with van der Waals surface area (Å²) in [5, 5.41) is 11.8. The van der Waals surface area contributed by atoms with Crippen LogP contribution in [0.15, 0.2) is 23.4 Å². The molecule has 0 saturated heterocycles. The molecule has 6 nitrogen and oxygen atoms in total. The van der Waals surface area contributed by atoms with Crippen molar-refractivity contribution in [2.45, 2.75) is 50.4 Å². The van der Waals surface area contributed by atoms with E-state index in [1.165, 1.54) is 16.4 Å². The van der Waals surface area contributed by atoms with E-state index in [0.717, 1.165) is 5.56 Å². The largest absolute Gasteiger partial charge is 0.336 e. The third kappa shape index (κ3) is 4.21. The molecule has 1 aromatic carbocycles. The van der Waals surface area contributed by atoms with E-state index in [4.69, 9.17) is 17.4 Å². The highest BCUT2D eigenvalue weighted by atomic mass is 35.5. The highest BCUT2D eigenvalue weighted by Gasteiger charge is 2.25. The van der Waals surface area contributed by atoms with Crippen molar-refractivity contribution in [1.82, 2.24) is 14.9 Å². The third-order valence-corrected chi connectivity index (χ3v) is 4.74. The second-order valence-corrected chi connectivity index (χ2v) is 8.38. The molecule has 1 amide bonds. The van der Waals surface area contributed by atoms with Crippen LogP contribution >= 0.6 is 23.4 Å². The minimum absolute atomic E-state index is 0.148. The lowest BCUT2D eigenvalue weighted by atomic mass is 9.96. The second-order valence-electron chi connectivity index (χ2n) is 6.63. The molecule has 24 heavy (non-hydrogen) atoms. The summed E-state index contributed by atoms with van der Waals surface area (Å²) in [7, 11) is 0. The maximum absolute atomic E-state index is 12.4. The van der Waals surface area contributed by atoms with Crippen molar-refractivity contribution in [2.24, 2.45) is 0 Å². The Morgan fingerprint density at radius 1 is 1.38 bits per heavy atom. The average Bonchev–Trinajstić information content (AvgIpc) is 2.84. The highest BCUT2D eigenvalue weighted by molar-refractivity contribution is 8.00. The van der Waals surface area contributed by atoms with E-state index in [0.29, 0.717) is 21.7 Å². The SMILES string of the molecule is Cc1ccc(Cl)cc1NC(=O)C(C)Sc1nnc(C(C)(C)C)n1N. The minimum atomic E-state index is -0.386. The Bertz CT molecular complexity index is 753. The number of thioether (sulfide) groups is 1. The summed E-state index contributed by atoms with van der Waals surface area (Å²) in [6.07, 6.45) is 0. The molecule has 0 fully saturated rings. The Balaban J connectivity index is 2.10. The van der Waals surface area contributed by atoms with Crippen LogP contribution < -0.4 is 11.2 Å². The third-order valence-electron chi connectivity index (χ3n) is 3.44. The number of anilines is 1. The quantitative estimate of drug-likeness (QED) is 0.639. The molecule has 2 rings (SSSR count). The molecule has 1 unspecified atom stereocenters. The van der Waals surface area contributed by atoms with Crippen molar-refractivity contribution < 1.29 is 4.79 Å². The second kappa shape index (κ2) is 7.03. The average molecular weight is 368 g/mol. The number of nitrogens with two attached hydrogens (primary N) is 1. The fourth-order valence-corrected chi connectivity index (χ4v) is 2.99. The van der Waals surface area contributed by atoms with Gasteiger partial charge in [-0.15, -0.1) is 10.2 Å². The van der Waals surface area contributed by atoms with Gasteiger partial charge in [0.15, 0.2) is 5.82 Å². The van der Waals surface area contributed by atoms with Crippen molar-refractivity contribution in [3.05, 3.63) is 34.6 Å². The van der Waals surface area contributed by atoms with Crippen molar-refractivity contribution in [3.8, 4) is 0 Å². The Morgan fingerprint density at radius 3 is 2.62 bits per heavy atom. The number of halogens is 1. The first-order valence-electron chi connectivity index (χ1n) is 7.54. The zero-order chi connectivity index (χ0) is 18.1. The molecule has 2 aromatic rings. The lowest BCUT2D eigenvalue weighted by Crippen LogP contribution is -2.26. The monoisotopic (exact) mass is 367 g/mol. The van der Waals surface area contributed by atoms with Crippen LogP contribution in [0.1, 0.15) is 39.1 Å². The first-order chi connectivity index (χ1) is 11.1. The number of nitrogen functional groups attached to an aromatic ring is 1. The van der Waals surface area contributed by atoms with Crippen molar-refractivity contribution in [3.63, 3.8) is 0 Å². The van der Waals surface area contributed by atoms with Gasteiger partial charge < -0.3 is 11.2 Å². The van der Waals surface area contributed by atoms with E-state index in [9.17, 15) is 4.79 Å². The fraction of sp³-hybridized carbons (Fsp3) is 0.438. The van der Waals surface area contributed by atoms with Gasteiger partial charge in [0.2, 0.25) is 11.1 Å². The molecular formula is C16H22ClN5OS. The molecule has 0 aliphatic heterocycles. The van der Waals surface area contributed by atoms with Gasteiger partial charge >= 0.3 is 0 Å². The molecular weight excluding hydrogens is 346 g/mol. The Kier molecular flexibility index (Phi) is 5.45. The number of aryl methyl sites for hydroxylation is 1. The number of carbonyl (C=O) groups excluding carboxylic acids is 1. The Labute approximate surface area is 151 Å². The lowest BCUT2D eigenvalue weighted by Gasteiger charge is -2.17. The topological polar surface area (TPSA) is 85.8 Å². The fourth-order valence-electron chi connectivity index (χ4n) is 2.04. The Morgan fingerprint density at radius 2 is 2.04 bits per heavy atom. The molecule has 0 bridgehead atoms. The smallest absolute Gasteiger partial charge is 0.237 e. The maximum Gasteiger partial charge on any atom is 0.237 e. The van der Waals surface area contributed by atoms with E-state index in [1.807, 2.05) is 33.8 Å². The molecule has 0 saturated carbocycles. The van der Waals surface area contributed by atoms with Crippen LogP contribution in [-0.2, 0) is 10.2 Å². The highest BCUT2D eigenvalue weighted by Crippen LogP contribution is 2.27. The summed E-state index contributed by atoms with van der Waals surface area (Å²) in [4.78, 5) is 12.4. The van der Waals surface area contributed by atoms with Gasteiger partial charge in [-0.3, -0.25) is 4.79 Å². The molecule has 1 atom stereocenters. The van der Waals surface area contributed by atoms with E-state index in [1.54, 1.807) is 19.1 Å². The first-order valence-corrected chi connectivity index (χ1v) is 8.80. The molecule has 0 radical (unpaired) electrons. The summed E-state index contributed by atoms with van der Waals surface area (Å²) >= 11 is 7.25. The van der Waals surface area contributed by atoms with E-state index >= 15 is 0 Å². The number of carbonyl (C=O) groups is 1. The van der Waals surface area contributed by atoms with Crippen LogP contribution in [0.2, 0.25) is 5.02 Å². The summed E-state index contributed by atoms with van der Waals surface area (Å²) in [5.74, 6) is 6.58. The summed E-state index contributed by atoms with van der Waals surface area (Å²) in [5.41, 5.74) is 1.43. The van der Waals surface area contributed by atoms with Gasteiger partial charge in [-0.25, -0.2) is 4.68 Å². The molecule has 3 N–H and O–H groups in total. The number of nitrogens with zero attached hydrogens (tertiary/aromatic N) is 3. The Hall–Kier alpha value is -1.73. The summed E-state index contributed by atoms with van der Waals surface area (Å²) in [6, 6.07) is 5.38. The molecule has 0 spiro atoms. The van der Waals surface area contributed by atoms with Crippen molar-refractivity contribution >= 4 is 35.0 Å². The van der Waals surface area contributed by atoms with Crippen LogP contribution in [0.25, 0.3) is 0 Å². The zero-order valence-corrected chi connectivity index (χ0v) is 16.0. The van der Waals surface area contributed by atoms with Gasteiger partial charge in [0.1, 0.15) is 0 Å². The molecule has 1 heterocycles. The number of benzene rings is 1. The number of nitrogens with one attached hydrogen (secondary N) is 1. The summed E-state index contributed by atoms with van der Waals surface area (Å²) < 4.78 is 1.44. The van der Waals surface area contributed by atoms with Gasteiger partial charge in [0, 0.05) is 16.1 Å². The van der Waals surface area contributed by atoms with Gasteiger partial charge in [-0.05, 0) is 31.5 Å². The number of aromatic nitrogens is 3. The van der Waals surface area contributed by atoms with Crippen LogP contribution in [0.5, 0.6) is 0 Å². The van der Waals surface area contributed by atoms with Crippen LogP contribution in [-0.4, -0.2) is 26.0 Å². The van der Waals surface area contributed by atoms with Crippen LogP contribution in [0.3, 0.4) is 0 Å². The van der Waals surface area contributed by atoms with Gasteiger partial charge in [0.25, 0.3) is 0 Å². The maximum atomic E-state index is 12.4. The molecule has 8 heteroatoms. The molecule has 0 aliphatic carbocycles. The normalized spacial score (nSPS) is 12.9. The van der Waals surface area contributed by atoms with Gasteiger partial charge in [-0.1, -0.05) is 50.2 Å². The van der Waals surface area contributed by atoms with Crippen LogP contribution in [0.4, 0.5) is 5.69 Å². The predicted molar refractivity (Wildman–Crippen MR) is 99.0 cm³/mol.